The molecule has 0 aromatic carbocycles. The molecule has 2 aromatic heterocycles. The van der Waals surface area contributed by atoms with E-state index >= 15 is 0 Å². The van der Waals surface area contributed by atoms with Crippen molar-refractivity contribution in [1.29, 1.82) is 0 Å². The number of nitrogens with one attached hydrogen (secondary N) is 2. The number of amides is 1. The first-order valence-electron chi connectivity index (χ1n) is 5.90. The summed E-state index contributed by atoms with van der Waals surface area (Å²) in [6.45, 7) is 1.85. The molecule has 0 fully saturated rings. The molecule has 1 atom stereocenters. The summed E-state index contributed by atoms with van der Waals surface area (Å²) in [4.78, 5) is 16.1. The topological polar surface area (TPSA) is 84.7 Å². The van der Waals surface area contributed by atoms with Crippen molar-refractivity contribution in [3.8, 4) is 0 Å². The fraction of sp³-hybridized carbons (Fsp3) is 0.333. The molecule has 1 unspecified atom stereocenters. The quantitative estimate of drug-likeness (QED) is 0.847. The van der Waals surface area contributed by atoms with Gasteiger partial charge in [-0.05, 0) is 19.1 Å². The molecule has 0 radical (unpaired) electrons. The van der Waals surface area contributed by atoms with Gasteiger partial charge in [0.15, 0.2) is 5.82 Å². The maximum atomic E-state index is 12.0. The second-order valence-electron chi connectivity index (χ2n) is 4.18. The molecule has 1 amide bonds. The maximum absolute atomic E-state index is 12.0. The molecule has 2 N–H and O–H groups in total. The SMILES string of the molecule is CNc1ccc(C(=O)NC(C)c2nncn2C)nc1. The van der Waals surface area contributed by atoms with Crippen LogP contribution in [-0.2, 0) is 7.05 Å². The second kappa shape index (κ2) is 5.47. The highest BCUT2D eigenvalue weighted by atomic mass is 16.1. The zero-order chi connectivity index (χ0) is 13.8. The van der Waals surface area contributed by atoms with E-state index in [4.69, 9.17) is 0 Å². The maximum Gasteiger partial charge on any atom is 0.270 e. The first kappa shape index (κ1) is 13.0. The number of pyridine rings is 1. The zero-order valence-electron chi connectivity index (χ0n) is 11.1. The number of aromatic nitrogens is 4. The third-order valence-electron chi connectivity index (χ3n) is 2.77. The Morgan fingerprint density at radius 1 is 1.42 bits per heavy atom. The van der Waals surface area contributed by atoms with E-state index in [2.05, 4.69) is 25.8 Å². The summed E-state index contributed by atoms with van der Waals surface area (Å²) in [5.41, 5.74) is 1.23. The van der Waals surface area contributed by atoms with Crippen LogP contribution in [0.3, 0.4) is 0 Å². The molecule has 0 spiro atoms. The lowest BCUT2D eigenvalue weighted by molar-refractivity contribution is 0.0933. The second-order valence-corrected chi connectivity index (χ2v) is 4.18. The van der Waals surface area contributed by atoms with E-state index in [-0.39, 0.29) is 11.9 Å². The van der Waals surface area contributed by atoms with Gasteiger partial charge in [0.05, 0.1) is 17.9 Å². The van der Waals surface area contributed by atoms with Gasteiger partial charge in [0.25, 0.3) is 5.91 Å². The third kappa shape index (κ3) is 2.87. The summed E-state index contributed by atoms with van der Waals surface area (Å²) < 4.78 is 1.77. The molecule has 2 heterocycles. The summed E-state index contributed by atoms with van der Waals surface area (Å²) in [5, 5.41) is 13.5. The van der Waals surface area contributed by atoms with Gasteiger partial charge in [-0.25, -0.2) is 4.98 Å². The largest absolute Gasteiger partial charge is 0.387 e. The van der Waals surface area contributed by atoms with Crippen LogP contribution in [0.5, 0.6) is 0 Å². The van der Waals surface area contributed by atoms with Crippen LogP contribution in [0.25, 0.3) is 0 Å². The molecule has 0 saturated carbocycles. The molecule has 7 nitrogen and oxygen atoms in total. The van der Waals surface area contributed by atoms with E-state index in [1.807, 2.05) is 14.0 Å². The van der Waals surface area contributed by atoms with Crippen LogP contribution in [0.4, 0.5) is 5.69 Å². The molecule has 100 valence electrons. The summed E-state index contributed by atoms with van der Waals surface area (Å²) >= 11 is 0. The van der Waals surface area contributed by atoms with Crippen LogP contribution in [0.15, 0.2) is 24.7 Å². The van der Waals surface area contributed by atoms with E-state index in [0.717, 1.165) is 5.69 Å². The minimum Gasteiger partial charge on any atom is -0.387 e. The molecule has 2 aromatic rings. The van der Waals surface area contributed by atoms with Crippen molar-refractivity contribution < 1.29 is 4.79 Å². The average molecular weight is 260 g/mol. The molecule has 0 bridgehead atoms. The molecule has 0 aliphatic rings. The number of aryl methyl sites for hydroxylation is 1. The number of carbonyl (C=O) groups excluding carboxylic acids is 1. The van der Waals surface area contributed by atoms with Gasteiger partial charge >= 0.3 is 0 Å². The third-order valence-corrected chi connectivity index (χ3v) is 2.77. The lowest BCUT2D eigenvalue weighted by atomic mass is 10.2. The van der Waals surface area contributed by atoms with Gasteiger partial charge in [0.2, 0.25) is 0 Å². The first-order chi connectivity index (χ1) is 9.11. The monoisotopic (exact) mass is 260 g/mol. The van der Waals surface area contributed by atoms with Crippen molar-refractivity contribution in [2.24, 2.45) is 7.05 Å². The summed E-state index contributed by atoms with van der Waals surface area (Å²) in [6.07, 6.45) is 3.21. The lowest BCUT2D eigenvalue weighted by Gasteiger charge is -2.12. The molecule has 2 rings (SSSR count). The fourth-order valence-electron chi connectivity index (χ4n) is 1.70. The normalized spacial score (nSPS) is 11.9. The molecule has 0 aliphatic carbocycles. The number of carbonyl (C=O) groups is 1. The van der Waals surface area contributed by atoms with Gasteiger partial charge in [-0.2, -0.15) is 0 Å². The molecular weight excluding hydrogens is 244 g/mol. The van der Waals surface area contributed by atoms with E-state index in [0.29, 0.717) is 11.5 Å². The van der Waals surface area contributed by atoms with Crippen molar-refractivity contribution in [3.05, 3.63) is 36.2 Å². The van der Waals surface area contributed by atoms with Crippen LogP contribution in [0.1, 0.15) is 29.3 Å². The van der Waals surface area contributed by atoms with Crippen molar-refractivity contribution in [2.75, 3.05) is 12.4 Å². The Bertz CT molecular complexity index is 562. The number of anilines is 1. The van der Waals surface area contributed by atoms with E-state index < -0.39 is 0 Å². The number of hydrogen-bond donors (Lipinski definition) is 2. The Morgan fingerprint density at radius 3 is 2.74 bits per heavy atom. The Kier molecular flexibility index (Phi) is 3.74. The Morgan fingerprint density at radius 2 is 2.21 bits per heavy atom. The zero-order valence-corrected chi connectivity index (χ0v) is 11.1. The Hall–Kier alpha value is -2.44. The first-order valence-corrected chi connectivity index (χ1v) is 5.90. The number of nitrogens with zero attached hydrogens (tertiary/aromatic N) is 4. The predicted octanol–water partition coefficient (Wildman–Crippen LogP) is 0.743. The molecular formula is C12H16N6O. The Balaban J connectivity index is 2.06. The van der Waals surface area contributed by atoms with Crippen LogP contribution >= 0.6 is 0 Å². The standard InChI is InChI=1S/C12H16N6O/c1-8(11-17-15-7-18(11)3)16-12(19)10-5-4-9(13-2)6-14-10/h4-8,13H,1-3H3,(H,16,19). The van der Waals surface area contributed by atoms with Gasteiger partial charge in [-0.15, -0.1) is 10.2 Å². The van der Waals surface area contributed by atoms with Gasteiger partial charge in [0.1, 0.15) is 12.0 Å². The van der Waals surface area contributed by atoms with Crippen molar-refractivity contribution in [1.82, 2.24) is 25.1 Å². The minimum absolute atomic E-state index is 0.231. The van der Waals surface area contributed by atoms with Gasteiger partial charge in [-0.3, -0.25) is 4.79 Å². The van der Waals surface area contributed by atoms with Crippen molar-refractivity contribution in [2.45, 2.75) is 13.0 Å². The van der Waals surface area contributed by atoms with Crippen molar-refractivity contribution >= 4 is 11.6 Å². The average Bonchev–Trinajstić information content (AvgIpc) is 2.85. The van der Waals surface area contributed by atoms with Gasteiger partial charge < -0.3 is 15.2 Å². The summed E-state index contributed by atoms with van der Waals surface area (Å²) in [7, 11) is 3.63. The number of hydrogen-bond acceptors (Lipinski definition) is 5. The highest BCUT2D eigenvalue weighted by Crippen LogP contribution is 2.09. The van der Waals surface area contributed by atoms with Crippen LogP contribution in [0, 0.1) is 0 Å². The van der Waals surface area contributed by atoms with Crippen LogP contribution in [0.2, 0.25) is 0 Å². The molecule has 0 aliphatic heterocycles. The molecule has 19 heavy (non-hydrogen) atoms. The van der Waals surface area contributed by atoms with E-state index in [9.17, 15) is 4.79 Å². The van der Waals surface area contributed by atoms with E-state index in [1.54, 1.807) is 36.3 Å². The number of rotatable bonds is 4. The molecule has 7 heteroatoms. The fourth-order valence-corrected chi connectivity index (χ4v) is 1.70. The summed E-state index contributed by atoms with van der Waals surface area (Å²) in [6, 6.07) is 3.24. The smallest absolute Gasteiger partial charge is 0.270 e. The Labute approximate surface area is 111 Å². The highest BCUT2D eigenvalue weighted by Gasteiger charge is 2.15. The minimum atomic E-state index is -0.238. The van der Waals surface area contributed by atoms with Gasteiger partial charge in [0, 0.05) is 14.1 Å². The highest BCUT2D eigenvalue weighted by molar-refractivity contribution is 5.92. The van der Waals surface area contributed by atoms with Crippen LogP contribution in [-0.4, -0.2) is 32.7 Å². The van der Waals surface area contributed by atoms with Crippen LogP contribution < -0.4 is 10.6 Å². The predicted molar refractivity (Wildman–Crippen MR) is 70.7 cm³/mol. The van der Waals surface area contributed by atoms with Crippen molar-refractivity contribution in [3.63, 3.8) is 0 Å². The lowest BCUT2D eigenvalue weighted by Crippen LogP contribution is -2.29. The molecule has 0 saturated heterocycles. The van der Waals surface area contributed by atoms with E-state index in [1.165, 1.54) is 0 Å². The summed E-state index contributed by atoms with van der Waals surface area (Å²) in [5.74, 6) is 0.457. The van der Waals surface area contributed by atoms with Gasteiger partial charge in [-0.1, -0.05) is 0 Å².